The summed E-state index contributed by atoms with van der Waals surface area (Å²) < 4.78 is 0. The fourth-order valence-corrected chi connectivity index (χ4v) is 9.02. The zero-order valence-electron chi connectivity index (χ0n) is 31.9. The normalized spacial score (nSPS) is 17.9. The van der Waals surface area contributed by atoms with Crippen LogP contribution in [0, 0.1) is 17.8 Å². The highest BCUT2D eigenvalue weighted by molar-refractivity contribution is 5.86. The van der Waals surface area contributed by atoms with Gasteiger partial charge in [0.05, 0.1) is 5.56 Å². The van der Waals surface area contributed by atoms with Crippen LogP contribution in [0.3, 0.4) is 0 Å². The zero-order valence-corrected chi connectivity index (χ0v) is 31.9. The van der Waals surface area contributed by atoms with Gasteiger partial charge in [-0.3, -0.25) is 0 Å². The van der Waals surface area contributed by atoms with Crippen molar-refractivity contribution in [2.45, 2.75) is 32.1 Å². The minimum atomic E-state index is -0.973. The fourth-order valence-electron chi connectivity index (χ4n) is 9.02. The van der Waals surface area contributed by atoms with Crippen molar-refractivity contribution in [2.24, 2.45) is 17.8 Å². The topological polar surface area (TPSA) is 101 Å². The second kappa shape index (κ2) is 14.1. The van der Waals surface area contributed by atoms with Crippen LogP contribution >= 0.6 is 0 Å². The molecule has 0 radical (unpaired) electrons. The van der Waals surface area contributed by atoms with Crippen molar-refractivity contribution in [3.05, 3.63) is 191 Å². The van der Waals surface area contributed by atoms with Crippen LogP contribution in [0.4, 0.5) is 0 Å². The summed E-state index contributed by atoms with van der Waals surface area (Å²) in [6.45, 7) is 4.65. The highest BCUT2D eigenvalue weighted by Gasteiger charge is 2.35. The van der Waals surface area contributed by atoms with Gasteiger partial charge in [-0.15, -0.1) is 0 Å². The predicted octanol–water partition coefficient (Wildman–Crippen LogP) is 11.6. The van der Waals surface area contributed by atoms with Crippen LogP contribution in [0.15, 0.2) is 163 Å². The summed E-state index contributed by atoms with van der Waals surface area (Å²) in [4.78, 5) is 0. The Morgan fingerprint density at radius 1 is 0.491 bits per heavy atom. The van der Waals surface area contributed by atoms with E-state index in [9.17, 15) is 25.5 Å². The lowest BCUT2D eigenvalue weighted by Gasteiger charge is -2.29. The van der Waals surface area contributed by atoms with Crippen molar-refractivity contribution in [3.8, 4) is 62.1 Å². The van der Waals surface area contributed by atoms with E-state index in [1.807, 2.05) is 18.2 Å². The summed E-state index contributed by atoms with van der Waals surface area (Å²) in [5.74, 6) is -3.54. The molecular weight excluding hydrogens is 705 g/mol. The van der Waals surface area contributed by atoms with E-state index in [1.165, 1.54) is 55.7 Å². The lowest BCUT2D eigenvalue weighted by Crippen LogP contribution is -2.18. The standard InChI is InChI=1S/C52H44O5/c1-52(2)44-11-7-6-10-42(44)43-25-24-40(30-45(43)52)38-21-20-37-29-39(23-22-36(37)28-38)41(26-31-12-16-34(17-13-31)33-8-4-3-5-9-33)27-32-14-18-35(19-15-32)46-47(53)49(55)51(57)50(56)48(46)54/h3-25,28-30,36-37,41,53-57H,26-27H2,1-2H3/t36?,37?,41-/m1/s1. The van der Waals surface area contributed by atoms with Gasteiger partial charge in [-0.1, -0.05) is 166 Å². The van der Waals surface area contributed by atoms with E-state index in [2.05, 4.69) is 141 Å². The number of fused-ring (bicyclic) bond motifs is 4. The van der Waals surface area contributed by atoms with Crippen LogP contribution in [-0.4, -0.2) is 25.5 Å². The molecule has 3 atom stereocenters. The Labute approximate surface area is 333 Å². The molecule has 9 rings (SSSR count). The first kappa shape index (κ1) is 35.9. The summed E-state index contributed by atoms with van der Waals surface area (Å²) in [6.07, 6.45) is 15.7. The summed E-state index contributed by atoms with van der Waals surface area (Å²) in [5.41, 5.74) is 14.0. The SMILES string of the molecule is CC1(C)c2ccccc2-c2ccc(C3=CC4C=CC([C@H](Cc5ccc(-c6ccccc6)cc5)Cc5ccc(-c6c(O)c(O)c(O)c(O)c6O)cc5)=CC4C=C3)cc21. The third-order valence-electron chi connectivity index (χ3n) is 12.2. The van der Waals surface area contributed by atoms with E-state index in [1.54, 1.807) is 12.1 Å². The highest BCUT2D eigenvalue weighted by Crippen LogP contribution is 2.55. The van der Waals surface area contributed by atoms with Crippen molar-refractivity contribution in [1.82, 2.24) is 0 Å². The quantitative estimate of drug-likeness (QED) is 0.0788. The number of hydrogen-bond acceptors (Lipinski definition) is 5. The Kier molecular flexibility index (Phi) is 8.89. The Bertz CT molecular complexity index is 2610. The molecule has 0 spiro atoms. The van der Waals surface area contributed by atoms with Gasteiger partial charge in [-0.2, -0.15) is 0 Å². The lowest BCUT2D eigenvalue weighted by atomic mass is 9.75. The maximum atomic E-state index is 10.5. The average Bonchev–Trinajstić information content (AvgIpc) is 3.48. The number of allylic oxidation sites excluding steroid dienone is 8. The molecule has 0 saturated heterocycles. The van der Waals surface area contributed by atoms with E-state index in [0.29, 0.717) is 5.56 Å². The first-order valence-electron chi connectivity index (χ1n) is 19.5. The van der Waals surface area contributed by atoms with Gasteiger partial charge >= 0.3 is 0 Å². The first-order chi connectivity index (χ1) is 27.6. The molecule has 5 heteroatoms. The molecular formula is C52H44O5. The molecule has 0 saturated carbocycles. The van der Waals surface area contributed by atoms with E-state index in [-0.39, 0.29) is 28.7 Å². The number of phenolic OH excluding ortho intramolecular Hbond substituents is 5. The number of aromatic hydroxyl groups is 5. The van der Waals surface area contributed by atoms with E-state index >= 15 is 0 Å². The van der Waals surface area contributed by atoms with Crippen LogP contribution in [0.1, 0.15) is 41.7 Å². The van der Waals surface area contributed by atoms with Crippen molar-refractivity contribution in [2.75, 3.05) is 0 Å². The van der Waals surface area contributed by atoms with Gasteiger partial charge in [0.25, 0.3) is 0 Å². The van der Waals surface area contributed by atoms with Crippen LogP contribution < -0.4 is 0 Å². The second-order valence-electron chi connectivity index (χ2n) is 16.1. The van der Waals surface area contributed by atoms with Gasteiger partial charge in [0.1, 0.15) is 0 Å². The number of benzene rings is 6. The number of phenols is 5. The highest BCUT2D eigenvalue weighted by atomic mass is 16.4. The Morgan fingerprint density at radius 3 is 1.70 bits per heavy atom. The van der Waals surface area contributed by atoms with Gasteiger partial charge in [-0.25, -0.2) is 0 Å². The number of hydrogen-bond donors (Lipinski definition) is 5. The second-order valence-corrected chi connectivity index (χ2v) is 16.1. The van der Waals surface area contributed by atoms with Gasteiger partial charge in [0, 0.05) is 17.3 Å². The molecule has 6 aromatic rings. The van der Waals surface area contributed by atoms with Gasteiger partial charge in [0.15, 0.2) is 11.5 Å². The van der Waals surface area contributed by atoms with Crippen LogP contribution in [0.2, 0.25) is 0 Å². The molecule has 0 aromatic heterocycles. The summed E-state index contributed by atoms with van der Waals surface area (Å²) >= 11 is 0. The van der Waals surface area contributed by atoms with Crippen LogP contribution in [0.25, 0.3) is 39.0 Å². The summed E-state index contributed by atoms with van der Waals surface area (Å²) in [5, 5.41) is 51.2. The molecule has 5 nitrogen and oxygen atoms in total. The van der Waals surface area contributed by atoms with Crippen LogP contribution in [0.5, 0.6) is 28.7 Å². The summed E-state index contributed by atoms with van der Waals surface area (Å²) in [7, 11) is 0. The van der Waals surface area contributed by atoms with E-state index < -0.39 is 28.7 Å². The molecule has 3 aliphatic rings. The van der Waals surface area contributed by atoms with E-state index in [4.69, 9.17) is 0 Å². The smallest absolute Gasteiger partial charge is 0.208 e. The average molecular weight is 749 g/mol. The lowest BCUT2D eigenvalue weighted by molar-refractivity contribution is 0.330. The molecule has 57 heavy (non-hydrogen) atoms. The Hall–Kier alpha value is -6.72. The van der Waals surface area contributed by atoms with Crippen molar-refractivity contribution >= 4 is 5.57 Å². The Balaban J connectivity index is 0.993. The maximum absolute atomic E-state index is 10.5. The molecule has 3 aliphatic carbocycles. The first-order valence-corrected chi connectivity index (χ1v) is 19.5. The zero-order chi connectivity index (χ0) is 39.4. The third kappa shape index (κ3) is 6.39. The van der Waals surface area contributed by atoms with Gasteiger partial charge < -0.3 is 25.5 Å². The molecule has 0 bridgehead atoms. The largest absolute Gasteiger partial charge is 0.504 e. The Morgan fingerprint density at radius 2 is 1.02 bits per heavy atom. The molecule has 5 N–H and O–H groups in total. The monoisotopic (exact) mass is 748 g/mol. The molecule has 0 fully saturated rings. The molecule has 0 heterocycles. The van der Waals surface area contributed by atoms with Gasteiger partial charge in [0.2, 0.25) is 17.2 Å². The molecule has 0 aliphatic heterocycles. The van der Waals surface area contributed by atoms with Crippen molar-refractivity contribution in [1.29, 1.82) is 0 Å². The molecule has 0 amide bonds. The number of rotatable bonds is 8. The molecule has 282 valence electrons. The predicted molar refractivity (Wildman–Crippen MR) is 228 cm³/mol. The fraction of sp³-hybridized carbons (Fsp3) is 0.154. The van der Waals surface area contributed by atoms with E-state index in [0.717, 1.165) is 18.4 Å². The van der Waals surface area contributed by atoms with Gasteiger partial charge in [-0.05, 0) is 91.6 Å². The third-order valence-corrected chi connectivity index (χ3v) is 12.2. The summed E-state index contributed by atoms with van der Waals surface area (Å²) in [6, 6.07) is 42.2. The van der Waals surface area contributed by atoms with Crippen molar-refractivity contribution < 1.29 is 25.5 Å². The maximum Gasteiger partial charge on any atom is 0.208 e. The molecule has 6 aromatic carbocycles. The molecule has 2 unspecified atom stereocenters. The minimum absolute atomic E-state index is 0.0516. The van der Waals surface area contributed by atoms with Crippen molar-refractivity contribution in [3.63, 3.8) is 0 Å². The van der Waals surface area contributed by atoms with Crippen LogP contribution in [-0.2, 0) is 18.3 Å². The minimum Gasteiger partial charge on any atom is -0.504 e.